The number of H-pyrrole nitrogens is 1. The van der Waals surface area contributed by atoms with Crippen LogP contribution in [0.2, 0.25) is 5.02 Å². The van der Waals surface area contributed by atoms with E-state index in [1.807, 2.05) is 0 Å². The first-order valence-electron chi connectivity index (χ1n) is 3.28. The third-order valence-corrected chi connectivity index (χ3v) is 1.70. The van der Waals surface area contributed by atoms with Gasteiger partial charge in [-0.05, 0) is 11.0 Å². The molecule has 1 heterocycles. The van der Waals surface area contributed by atoms with Gasteiger partial charge >= 0.3 is 11.4 Å². The van der Waals surface area contributed by atoms with Crippen molar-refractivity contribution >= 4 is 17.4 Å². The van der Waals surface area contributed by atoms with Crippen molar-refractivity contribution in [2.75, 3.05) is 0 Å². The molecule has 8 heteroatoms. The molecule has 14 heavy (non-hydrogen) atoms. The van der Waals surface area contributed by atoms with Crippen LogP contribution in [0.25, 0.3) is 0 Å². The van der Waals surface area contributed by atoms with Crippen LogP contribution < -0.4 is 5.56 Å². The Balaban J connectivity index is 3.47. The molecule has 0 aliphatic rings. The monoisotopic (exact) mass is 224 g/mol. The van der Waals surface area contributed by atoms with Gasteiger partial charge in [0.15, 0.2) is 0 Å². The number of pyridine rings is 1. The summed E-state index contributed by atoms with van der Waals surface area (Å²) in [6, 6.07) is 0.586. The number of halogens is 3. The molecular weight excluding hydrogens is 222 g/mol. The molecule has 0 atom stereocenters. The van der Waals surface area contributed by atoms with Gasteiger partial charge in [-0.25, -0.2) is 18.6 Å². The number of nitro groups is 1. The number of rotatable bonds is 2. The average Bonchev–Trinajstić information content (AvgIpc) is 2.08. The van der Waals surface area contributed by atoms with E-state index in [0.29, 0.717) is 6.07 Å². The minimum Gasteiger partial charge on any atom is -0.358 e. The number of hydrogen-bond donors (Lipinski definition) is 1. The summed E-state index contributed by atoms with van der Waals surface area (Å²) >= 11 is 5.23. The first-order chi connectivity index (χ1) is 6.43. The Morgan fingerprint density at radius 3 is 2.57 bits per heavy atom. The minimum atomic E-state index is -3.07. The Kier molecular flexibility index (Phi) is 2.80. The van der Waals surface area contributed by atoms with Crippen LogP contribution in [0.5, 0.6) is 0 Å². The molecule has 1 aromatic heterocycles. The van der Waals surface area contributed by atoms with Crippen molar-refractivity contribution in [3.05, 3.63) is 37.1 Å². The predicted octanol–water partition coefficient (Wildman–Crippen LogP) is 1.87. The zero-order valence-electron chi connectivity index (χ0n) is 6.46. The maximum Gasteiger partial charge on any atom is 0.350 e. The molecule has 0 amide bonds. The first kappa shape index (κ1) is 10.6. The van der Waals surface area contributed by atoms with E-state index in [1.165, 1.54) is 0 Å². The molecule has 5 nitrogen and oxygen atoms in total. The first-order valence-corrected chi connectivity index (χ1v) is 3.66. The van der Waals surface area contributed by atoms with Crippen molar-refractivity contribution in [1.82, 2.24) is 4.98 Å². The third kappa shape index (κ3) is 1.87. The molecule has 0 aliphatic heterocycles. The van der Waals surface area contributed by atoms with Gasteiger partial charge in [-0.2, -0.15) is 0 Å². The van der Waals surface area contributed by atoms with E-state index in [9.17, 15) is 23.7 Å². The Hall–Kier alpha value is -1.50. The van der Waals surface area contributed by atoms with Gasteiger partial charge < -0.3 is 10.1 Å². The van der Waals surface area contributed by atoms with E-state index in [-0.39, 0.29) is 0 Å². The van der Waals surface area contributed by atoms with Crippen molar-refractivity contribution in [2.45, 2.75) is 6.43 Å². The average molecular weight is 225 g/mol. The molecule has 0 aliphatic carbocycles. The summed E-state index contributed by atoms with van der Waals surface area (Å²) in [6.07, 6.45) is -3.07. The summed E-state index contributed by atoms with van der Waals surface area (Å²) in [4.78, 5) is 21.6. The van der Waals surface area contributed by atoms with Crippen molar-refractivity contribution in [3.63, 3.8) is 0 Å². The van der Waals surface area contributed by atoms with E-state index < -0.39 is 33.3 Å². The van der Waals surface area contributed by atoms with Crippen LogP contribution in [0.4, 0.5) is 14.6 Å². The molecule has 0 saturated carbocycles. The minimum absolute atomic E-state index is 0.508. The number of aromatic nitrogens is 1. The second-order valence-electron chi connectivity index (χ2n) is 2.31. The number of alkyl halides is 2. The summed E-state index contributed by atoms with van der Waals surface area (Å²) in [7, 11) is 0. The highest BCUT2D eigenvalue weighted by Crippen LogP contribution is 2.27. The molecule has 0 fully saturated rings. The topological polar surface area (TPSA) is 76.0 Å². The van der Waals surface area contributed by atoms with Gasteiger partial charge in [0.2, 0.25) is 0 Å². The molecule has 1 aromatic rings. The summed E-state index contributed by atoms with van der Waals surface area (Å²) < 4.78 is 24.4. The fourth-order valence-electron chi connectivity index (χ4n) is 0.827. The van der Waals surface area contributed by atoms with Crippen LogP contribution in [0, 0.1) is 10.1 Å². The second kappa shape index (κ2) is 3.70. The normalized spacial score (nSPS) is 10.6. The molecule has 0 radical (unpaired) electrons. The van der Waals surface area contributed by atoms with Crippen LogP contribution in [0.3, 0.4) is 0 Å². The van der Waals surface area contributed by atoms with E-state index >= 15 is 0 Å². The summed E-state index contributed by atoms with van der Waals surface area (Å²) in [5.41, 5.74) is -1.87. The highest BCUT2D eigenvalue weighted by atomic mass is 35.5. The Labute approximate surface area is 80.5 Å². The highest BCUT2D eigenvalue weighted by Gasteiger charge is 2.23. The lowest BCUT2D eigenvalue weighted by Gasteiger charge is -2.01. The maximum atomic E-state index is 12.2. The van der Waals surface area contributed by atoms with Gasteiger partial charge in [0, 0.05) is 0 Å². The Morgan fingerprint density at radius 1 is 1.57 bits per heavy atom. The predicted molar refractivity (Wildman–Crippen MR) is 43.7 cm³/mol. The Morgan fingerprint density at radius 2 is 2.14 bits per heavy atom. The van der Waals surface area contributed by atoms with Crippen molar-refractivity contribution in [2.24, 2.45) is 0 Å². The molecule has 1 rings (SSSR count). The van der Waals surface area contributed by atoms with Crippen LogP contribution >= 0.6 is 11.6 Å². The lowest BCUT2D eigenvalue weighted by Crippen LogP contribution is -2.11. The van der Waals surface area contributed by atoms with E-state index in [2.05, 4.69) is 0 Å². The molecule has 0 bridgehead atoms. The highest BCUT2D eigenvalue weighted by molar-refractivity contribution is 6.30. The zero-order valence-corrected chi connectivity index (χ0v) is 7.22. The molecule has 0 aromatic carbocycles. The third-order valence-electron chi connectivity index (χ3n) is 1.42. The maximum absolute atomic E-state index is 12.2. The van der Waals surface area contributed by atoms with Gasteiger partial charge in [0.05, 0.1) is 0 Å². The number of aromatic amines is 1. The van der Waals surface area contributed by atoms with Gasteiger partial charge in [-0.15, -0.1) is 0 Å². The SMILES string of the molecule is O=c1[nH]c([N+](=O)[O-])c(C(F)F)cc1Cl. The standard InChI is InChI=1S/C6H3ClF2N2O3/c7-3-1-2(4(8)9)5(11(13)14)10-6(3)12/h1,4H,(H,10,12). The number of nitrogens with one attached hydrogen (secondary N) is 1. The summed E-state index contributed by atoms with van der Waals surface area (Å²) in [5.74, 6) is -1.03. The number of nitrogens with zero attached hydrogens (tertiary/aromatic N) is 1. The van der Waals surface area contributed by atoms with Gasteiger partial charge in [-0.3, -0.25) is 0 Å². The van der Waals surface area contributed by atoms with E-state index in [0.717, 1.165) is 0 Å². The van der Waals surface area contributed by atoms with Crippen molar-refractivity contribution in [1.29, 1.82) is 0 Å². The molecule has 0 saturated heterocycles. The molecule has 76 valence electrons. The number of hydrogen-bond acceptors (Lipinski definition) is 3. The van der Waals surface area contributed by atoms with Crippen molar-refractivity contribution in [3.8, 4) is 0 Å². The van der Waals surface area contributed by atoms with Gasteiger partial charge in [-0.1, -0.05) is 11.6 Å². The fraction of sp³-hybridized carbons (Fsp3) is 0.167. The largest absolute Gasteiger partial charge is 0.358 e. The second-order valence-corrected chi connectivity index (χ2v) is 2.72. The van der Waals surface area contributed by atoms with Gasteiger partial charge in [0.1, 0.15) is 10.6 Å². The molecular formula is C6H3ClF2N2O3. The summed E-state index contributed by atoms with van der Waals surface area (Å²) in [6.45, 7) is 0. The van der Waals surface area contributed by atoms with Crippen molar-refractivity contribution < 1.29 is 13.7 Å². The zero-order chi connectivity index (χ0) is 10.9. The lowest BCUT2D eigenvalue weighted by molar-refractivity contribution is -0.391. The quantitative estimate of drug-likeness (QED) is 0.615. The van der Waals surface area contributed by atoms with E-state index in [1.54, 1.807) is 4.98 Å². The summed E-state index contributed by atoms with van der Waals surface area (Å²) in [5, 5.41) is 9.74. The van der Waals surface area contributed by atoms with Crippen LogP contribution in [-0.4, -0.2) is 9.91 Å². The van der Waals surface area contributed by atoms with Crippen LogP contribution in [-0.2, 0) is 0 Å². The fourth-order valence-corrected chi connectivity index (χ4v) is 0.992. The molecule has 0 spiro atoms. The smallest absolute Gasteiger partial charge is 0.350 e. The lowest BCUT2D eigenvalue weighted by atomic mass is 10.2. The molecule has 1 N–H and O–H groups in total. The van der Waals surface area contributed by atoms with Gasteiger partial charge in [0.25, 0.3) is 6.43 Å². The van der Waals surface area contributed by atoms with Crippen LogP contribution in [0.1, 0.15) is 12.0 Å². The van der Waals surface area contributed by atoms with E-state index in [4.69, 9.17) is 11.6 Å². The van der Waals surface area contributed by atoms with Crippen LogP contribution in [0.15, 0.2) is 10.9 Å². The molecule has 0 unspecified atom stereocenters. The Bertz CT molecular complexity index is 432.